The van der Waals surface area contributed by atoms with E-state index in [0.717, 1.165) is 0 Å². The minimum Gasteiger partial charge on any atom is -0.481 e. The maximum absolute atomic E-state index is 11.2. The van der Waals surface area contributed by atoms with Gasteiger partial charge in [0.2, 0.25) is 17.7 Å². The Morgan fingerprint density at radius 3 is 2.70 bits per heavy atom. The van der Waals surface area contributed by atoms with Crippen molar-refractivity contribution >= 4 is 17.3 Å². The molecule has 1 aromatic carbocycles. The molecule has 104 valence electrons. The maximum Gasteiger partial charge on any atom is 0.246 e. The molecule has 1 aromatic heterocycles. The van der Waals surface area contributed by atoms with Gasteiger partial charge in [0, 0.05) is 13.0 Å². The number of carbonyl (C=O) groups is 1. The Hall–Kier alpha value is -2.76. The highest BCUT2D eigenvalue weighted by molar-refractivity contribution is 5.90. The lowest BCUT2D eigenvalue weighted by molar-refractivity contribution is -0.114. The number of ether oxygens (including phenoxy) is 2. The number of para-hydroxylation sites is 2. The summed E-state index contributed by atoms with van der Waals surface area (Å²) >= 11 is 0. The van der Waals surface area contributed by atoms with Crippen LogP contribution < -0.4 is 20.5 Å². The molecule has 6 heteroatoms. The lowest BCUT2D eigenvalue weighted by atomic mass is 10.3. The fraction of sp³-hybridized carbons (Fsp3) is 0.143. The smallest absolute Gasteiger partial charge is 0.246 e. The number of nitrogens with two attached hydrogens (primary N) is 1. The molecule has 1 heterocycles. The van der Waals surface area contributed by atoms with Crippen molar-refractivity contribution in [2.24, 2.45) is 0 Å². The molecule has 0 saturated carbocycles. The van der Waals surface area contributed by atoms with Crippen LogP contribution in [0.15, 0.2) is 36.4 Å². The second-order valence-corrected chi connectivity index (χ2v) is 4.03. The quantitative estimate of drug-likeness (QED) is 0.893. The summed E-state index contributed by atoms with van der Waals surface area (Å²) in [6, 6.07) is 10.3. The number of amides is 1. The molecule has 0 spiro atoms. The third-order valence-electron chi connectivity index (χ3n) is 2.48. The van der Waals surface area contributed by atoms with Crippen LogP contribution in [0.25, 0.3) is 0 Å². The fourth-order valence-electron chi connectivity index (χ4n) is 1.58. The standard InChI is InChI=1S/C14H15N3O3/c1-9(18)16-11-5-3-4-6-12(11)20-14-10(15)7-8-13(17-14)19-2/h3-8H,15H2,1-2H3,(H,16,18). The normalized spacial score (nSPS) is 9.90. The average Bonchev–Trinajstić information content (AvgIpc) is 2.43. The van der Waals surface area contributed by atoms with Crippen LogP contribution in [0.5, 0.6) is 17.5 Å². The van der Waals surface area contributed by atoms with Gasteiger partial charge in [0.15, 0.2) is 5.75 Å². The molecular weight excluding hydrogens is 258 g/mol. The number of nitrogens with zero attached hydrogens (tertiary/aromatic N) is 1. The minimum atomic E-state index is -0.187. The van der Waals surface area contributed by atoms with Gasteiger partial charge in [-0.1, -0.05) is 12.1 Å². The van der Waals surface area contributed by atoms with E-state index in [1.54, 1.807) is 36.4 Å². The van der Waals surface area contributed by atoms with E-state index in [0.29, 0.717) is 23.0 Å². The largest absolute Gasteiger partial charge is 0.481 e. The van der Waals surface area contributed by atoms with Gasteiger partial charge in [-0.3, -0.25) is 4.79 Å². The number of nitrogen functional groups attached to an aromatic ring is 1. The summed E-state index contributed by atoms with van der Waals surface area (Å²) in [6.45, 7) is 1.43. The molecular formula is C14H15N3O3. The highest BCUT2D eigenvalue weighted by Crippen LogP contribution is 2.32. The second-order valence-electron chi connectivity index (χ2n) is 4.03. The van der Waals surface area contributed by atoms with Gasteiger partial charge in [0.25, 0.3) is 0 Å². The molecule has 0 bridgehead atoms. The van der Waals surface area contributed by atoms with Crippen molar-refractivity contribution in [1.29, 1.82) is 0 Å². The maximum atomic E-state index is 11.2. The van der Waals surface area contributed by atoms with Gasteiger partial charge in [0.05, 0.1) is 18.5 Å². The van der Waals surface area contributed by atoms with E-state index >= 15 is 0 Å². The van der Waals surface area contributed by atoms with Crippen LogP contribution >= 0.6 is 0 Å². The Kier molecular flexibility index (Phi) is 4.05. The first-order valence-corrected chi connectivity index (χ1v) is 5.95. The van der Waals surface area contributed by atoms with Gasteiger partial charge < -0.3 is 20.5 Å². The number of rotatable bonds is 4. The van der Waals surface area contributed by atoms with Crippen molar-refractivity contribution in [3.05, 3.63) is 36.4 Å². The number of anilines is 2. The van der Waals surface area contributed by atoms with E-state index in [2.05, 4.69) is 10.3 Å². The molecule has 0 radical (unpaired) electrons. The van der Waals surface area contributed by atoms with E-state index in [1.807, 2.05) is 0 Å². The zero-order valence-corrected chi connectivity index (χ0v) is 11.2. The van der Waals surface area contributed by atoms with E-state index < -0.39 is 0 Å². The van der Waals surface area contributed by atoms with E-state index in [4.69, 9.17) is 15.2 Å². The zero-order valence-electron chi connectivity index (χ0n) is 11.2. The minimum absolute atomic E-state index is 0.187. The summed E-state index contributed by atoms with van der Waals surface area (Å²) in [5.74, 6) is 0.885. The average molecular weight is 273 g/mol. The third kappa shape index (κ3) is 3.17. The molecule has 3 N–H and O–H groups in total. The summed E-state index contributed by atoms with van der Waals surface area (Å²) in [5, 5.41) is 2.68. The summed E-state index contributed by atoms with van der Waals surface area (Å²) in [5.41, 5.74) is 6.74. The van der Waals surface area contributed by atoms with Crippen molar-refractivity contribution in [3.63, 3.8) is 0 Å². The lowest BCUT2D eigenvalue weighted by Gasteiger charge is -2.12. The second kappa shape index (κ2) is 5.92. The predicted octanol–water partition coefficient (Wildman–Crippen LogP) is 2.42. The predicted molar refractivity (Wildman–Crippen MR) is 76.0 cm³/mol. The number of hydrogen-bond donors (Lipinski definition) is 2. The number of carbonyl (C=O) groups excluding carboxylic acids is 1. The molecule has 2 rings (SSSR count). The van der Waals surface area contributed by atoms with Gasteiger partial charge >= 0.3 is 0 Å². The topological polar surface area (TPSA) is 86.5 Å². The molecule has 0 atom stereocenters. The molecule has 0 aliphatic rings. The van der Waals surface area contributed by atoms with Crippen LogP contribution in [0.2, 0.25) is 0 Å². The van der Waals surface area contributed by atoms with Gasteiger partial charge in [-0.15, -0.1) is 0 Å². The molecule has 1 amide bonds. The van der Waals surface area contributed by atoms with Gasteiger partial charge in [-0.05, 0) is 18.2 Å². The third-order valence-corrected chi connectivity index (χ3v) is 2.48. The molecule has 0 aliphatic heterocycles. The summed E-state index contributed by atoms with van der Waals surface area (Å²) in [4.78, 5) is 15.3. The Labute approximate surface area is 116 Å². The molecule has 0 aliphatic carbocycles. The van der Waals surface area contributed by atoms with Crippen LogP contribution in [0.3, 0.4) is 0 Å². The number of aromatic nitrogens is 1. The van der Waals surface area contributed by atoms with Crippen molar-refractivity contribution in [1.82, 2.24) is 4.98 Å². The summed E-state index contributed by atoms with van der Waals surface area (Å²) in [7, 11) is 1.51. The van der Waals surface area contributed by atoms with E-state index in [-0.39, 0.29) is 11.8 Å². The van der Waals surface area contributed by atoms with E-state index in [9.17, 15) is 4.79 Å². The lowest BCUT2D eigenvalue weighted by Crippen LogP contribution is -2.07. The van der Waals surface area contributed by atoms with Crippen LogP contribution in [0.4, 0.5) is 11.4 Å². The van der Waals surface area contributed by atoms with Crippen molar-refractivity contribution in [2.45, 2.75) is 6.92 Å². The number of nitrogens with one attached hydrogen (secondary N) is 1. The fourth-order valence-corrected chi connectivity index (χ4v) is 1.58. The van der Waals surface area contributed by atoms with Gasteiger partial charge in [-0.25, -0.2) is 0 Å². The first kappa shape index (κ1) is 13.7. The van der Waals surface area contributed by atoms with E-state index in [1.165, 1.54) is 14.0 Å². The van der Waals surface area contributed by atoms with Crippen LogP contribution in [0.1, 0.15) is 6.92 Å². The number of benzene rings is 1. The summed E-state index contributed by atoms with van der Waals surface area (Å²) in [6.07, 6.45) is 0. The molecule has 0 saturated heterocycles. The van der Waals surface area contributed by atoms with Crippen LogP contribution in [0, 0.1) is 0 Å². The SMILES string of the molecule is COc1ccc(N)c(Oc2ccccc2NC(C)=O)n1. The Balaban J connectivity index is 2.32. The Morgan fingerprint density at radius 1 is 1.25 bits per heavy atom. The van der Waals surface area contributed by atoms with Crippen molar-refractivity contribution in [3.8, 4) is 17.5 Å². The zero-order chi connectivity index (χ0) is 14.5. The summed E-state index contributed by atoms with van der Waals surface area (Å²) < 4.78 is 10.7. The number of pyridine rings is 1. The first-order valence-electron chi connectivity index (χ1n) is 5.95. The monoisotopic (exact) mass is 273 g/mol. The van der Waals surface area contributed by atoms with Gasteiger partial charge in [-0.2, -0.15) is 4.98 Å². The number of methoxy groups -OCH3 is 1. The molecule has 0 unspecified atom stereocenters. The van der Waals surface area contributed by atoms with Crippen molar-refractivity contribution in [2.75, 3.05) is 18.2 Å². The van der Waals surface area contributed by atoms with Gasteiger partial charge in [0.1, 0.15) is 0 Å². The first-order chi connectivity index (χ1) is 9.60. The highest BCUT2D eigenvalue weighted by atomic mass is 16.5. The Morgan fingerprint density at radius 2 is 2.00 bits per heavy atom. The Bertz CT molecular complexity index is 629. The molecule has 0 fully saturated rings. The molecule has 2 aromatic rings. The molecule has 6 nitrogen and oxygen atoms in total. The number of hydrogen-bond acceptors (Lipinski definition) is 5. The highest BCUT2D eigenvalue weighted by Gasteiger charge is 2.10. The van der Waals surface area contributed by atoms with Crippen LogP contribution in [-0.4, -0.2) is 18.0 Å². The molecule has 20 heavy (non-hydrogen) atoms. The van der Waals surface area contributed by atoms with Crippen LogP contribution in [-0.2, 0) is 4.79 Å². The van der Waals surface area contributed by atoms with Crippen molar-refractivity contribution < 1.29 is 14.3 Å².